The second-order valence-electron chi connectivity index (χ2n) is 5.84. The van der Waals surface area contributed by atoms with E-state index in [9.17, 15) is 4.39 Å². The standard InChI is InChI=1S/C16H25FN2/c1-12-10-18-7-4-8-19(11-12)14(3)15-6-5-13(2)16(17)9-15/h5-6,9,12,14,18H,4,7-8,10-11H2,1-3H3. The smallest absolute Gasteiger partial charge is 0.126 e. The lowest BCUT2D eigenvalue weighted by Crippen LogP contribution is -2.40. The molecular formula is C16H25FN2. The minimum absolute atomic E-state index is 0.0916. The maximum absolute atomic E-state index is 13.7. The minimum atomic E-state index is -0.0916. The molecule has 0 spiro atoms. The monoisotopic (exact) mass is 264 g/mol. The van der Waals surface area contributed by atoms with Gasteiger partial charge in [0.05, 0.1) is 0 Å². The van der Waals surface area contributed by atoms with E-state index in [1.54, 1.807) is 6.07 Å². The maximum Gasteiger partial charge on any atom is 0.126 e. The summed E-state index contributed by atoms with van der Waals surface area (Å²) >= 11 is 0. The molecular weight excluding hydrogens is 239 g/mol. The Morgan fingerprint density at radius 3 is 2.95 bits per heavy atom. The first-order chi connectivity index (χ1) is 9.08. The van der Waals surface area contributed by atoms with Crippen molar-refractivity contribution in [3.8, 4) is 0 Å². The van der Waals surface area contributed by atoms with Crippen LogP contribution in [0.25, 0.3) is 0 Å². The number of nitrogens with zero attached hydrogens (tertiary/aromatic N) is 1. The first-order valence-electron chi connectivity index (χ1n) is 7.28. The molecule has 0 aliphatic carbocycles. The summed E-state index contributed by atoms with van der Waals surface area (Å²) in [6.45, 7) is 10.6. The van der Waals surface area contributed by atoms with Crippen LogP contribution in [0.3, 0.4) is 0 Å². The SMILES string of the molecule is Cc1ccc(C(C)N2CCCNCC(C)C2)cc1F. The average molecular weight is 264 g/mol. The van der Waals surface area contributed by atoms with Gasteiger partial charge >= 0.3 is 0 Å². The summed E-state index contributed by atoms with van der Waals surface area (Å²) in [4.78, 5) is 2.48. The number of benzene rings is 1. The molecule has 1 aromatic carbocycles. The fraction of sp³-hybridized carbons (Fsp3) is 0.625. The number of hydrogen-bond acceptors (Lipinski definition) is 2. The van der Waals surface area contributed by atoms with Crippen LogP contribution in [0.15, 0.2) is 18.2 Å². The number of aryl methyl sites for hydroxylation is 1. The van der Waals surface area contributed by atoms with E-state index in [2.05, 4.69) is 30.1 Å². The zero-order valence-corrected chi connectivity index (χ0v) is 12.2. The van der Waals surface area contributed by atoms with Gasteiger partial charge in [0.15, 0.2) is 0 Å². The van der Waals surface area contributed by atoms with Gasteiger partial charge in [0.2, 0.25) is 0 Å². The number of hydrogen-bond donors (Lipinski definition) is 1. The molecule has 0 bridgehead atoms. The van der Waals surface area contributed by atoms with Crippen LogP contribution in [0.1, 0.15) is 37.4 Å². The Hall–Kier alpha value is -0.930. The third kappa shape index (κ3) is 3.77. The molecule has 2 rings (SSSR count). The third-order valence-corrected chi connectivity index (χ3v) is 4.06. The van der Waals surface area contributed by atoms with E-state index >= 15 is 0 Å². The zero-order valence-electron chi connectivity index (χ0n) is 12.2. The summed E-state index contributed by atoms with van der Waals surface area (Å²) in [6, 6.07) is 5.93. The van der Waals surface area contributed by atoms with E-state index in [0.29, 0.717) is 5.92 Å². The van der Waals surface area contributed by atoms with Crippen molar-refractivity contribution in [2.24, 2.45) is 5.92 Å². The number of halogens is 1. The molecule has 1 fully saturated rings. The van der Waals surface area contributed by atoms with E-state index < -0.39 is 0 Å². The van der Waals surface area contributed by atoms with E-state index in [4.69, 9.17) is 0 Å². The lowest BCUT2D eigenvalue weighted by molar-refractivity contribution is 0.167. The van der Waals surface area contributed by atoms with E-state index in [-0.39, 0.29) is 11.9 Å². The molecule has 2 atom stereocenters. The Morgan fingerprint density at radius 2 is 2.21 bits per heavy atom. The zero-order chi connectivity index (χ0) is 13.8. The van der Waals surface area contributed by atoms with Crippen molar-refractivity contribution in [2.75, 3.05) is 26.2 Å². The first kappa shape index (κ1) is 14.5. The van der Waals surface area contributed by atoms with Crippen molar-refractivity contribution in [1.29, 1.82) is 0 Å². The molecule has 1 aliphatic rings. The summed E-state index contributed by atoms with van der Waals surface area (Å²) in [6.07, 6.45) is 1.16. The van der Waals surface area contributed by atoms with Gasteiger partial charge in [-0.25, -0.2) is 4.39 Å². The van der Waals surface area contributed by atoms with Crippen molar-refractivity contribution in [3.05, 3.63) is 35.1 Å². The molecule has 19 heavy (non-hydrogen) atoms. The van der Waals surface area contributed by atoms with Crippen LogP contribution < -0.4 is 5.32 Å². The van der Waals surface area contributed by atoms with Gasteiger partial charge in [-0.15, -0.1) is 0 Å². The Bertz CT molecular complexity index is 419. The lowest BCUT2D eigenvalue weighted by atomic mass is 10.0. The largest absolute Gasteiger partial charge is 0.316 e. The quantitative estimate of drug-likeness (QED) is 0.883. The second-order valence-corrected chi connectivity index (χ2v) is 5.84. The summed E-state index contributed by atoms with van der Waals surface area (Å²) < 4.78 is 13.7. The molecule has 1 heterocycles. The Kier molecular flexibility index (Phi) is 4.94. The van der Waals surface area contributed by atoms with Crippen LogP contribution in [0.5, 0.6) is 0 Å². The third-order valence-electron chi connectivity index (χ3n) is 4.06. The van der Waals surface area contributed by atoms with Crippen molar-refractivity contribution in [2.45, 2.75) is 33.2 Å². The van der Waals surface area contributed by atoms with E-state index in [0.717, 1.165) is 43.7 Å². The van der Waals surface area contributed by atoms with Crippen molar-refractivity contribution < 1.29 is 4.39 Å². The van der Waals surface area contributed by atoms with Crippen LogP contribution >= 0.6 is 0 Å². The molecule has 0 saturated carbocycles. The Morgan fingerprint density at radius 1 is 1.42 bits per heavy atom. The van der Waals surface area contributed by atoms with Gasteiger partial charge in [-0.2, -0.15) is 0 Å². The highest BCUT2D eigenvalue weighted by atomic mass is 19.1. The summed E-state index contributed by atoms with van der Waals surface area (Å²) in [7, 11) is 0. The molecule has 0 amide bonds. The van der Waals surface area contributed by atoms with E-state index in [1.165, 1.54) is 0 Å². The molecule has 1 aromatic rings. The molecule has 0 aromatic heterocycles. The van der Waals surface area contributed by atoms with Gasteiger partial charge in [-0.05, 0) is 63.0 Å². The topological polar surface area (TPSA) is 15.3 Å². The maximum atomic E-state index is 13.7. The summed E-state index contributed by atoms with van der Waals surface area (Å²) in [5.41, 5.74) is 1.81. The molecule has 106 valence electrons. The van der Waals surface area contributed by atoms with Crippen molar-refractivity contribution in [3.63, 3.8) is 0 Å². The highest BCUT2D eigenvalue weighted by Gasteiger charge is 2.20. The molecule has 1 saturated heterocycles. The number of rotatable bonds is 2. The number of nitrogens with one attached hydrogen (secondary N) is 1. The van der Waals surface area contributed by atoms with Gasteiger partial charge in [-0.1, -0.05) is 19.1 Å². The average Bonchev–Trinajstić information content (AvgIpc) is 2.36. The van der Waals surface area contributed by atoms with Crippen molar-refractivity contribution in [1.82, 2.24) is 10.2 Å². The fourth-order valence-corrected chi connectivity index (χ4v) is 2.74. The van der Waals surface area contributed by atoms with Crippen LogP contribution in [-0.2, 0) is 0 Å². The van der Waals surface area contributed by atoms with Gasteiger partial charge in [0.25, 0.3) is 0 Å². The van der Waals surface area contributed by atoms with E-state index in [1.807, 2.05) is 13.0 Å². The van der Waals surface area contributed by atoms with Crippen LogP contribution in [0.4, 0.5) is 4.39 Å². The predicted molar refractivity (Wildman–Crippen MR) is 77.8 cm³/mol. The molecule has 2 unspecified atom stereocenters. The molecule has 1 aliphatic heterocycles. The molecule has 2 nitrogen and oxygen atoms in total. The predicted octanol–water partition coefficient (Wildman–Crippen LogP) is 3.13. The van der Waals surface area contributed by atoms with Gasteiger partial charge < -0.3 is 5.32 Å². The second kappa shape index (κ2) is 6.49. The van der Waals surface area contributed by atoms with Crippen LogP contribution in [0, 0.1) is 18.7 Å². The minimum Gasteiger partial charge on any atom is -0.316 e. The van der Waals surface area contributed by atoms with Gasteiger partial charge in [0, 0.05) is 12.6 Å². The van der Waals surface area contributed by atoms with Crippen LogP contribution in [0.2, 0.25) is 0 Å². The van der Waals surface area contributed by atoms with Crippen LogP contribution in [-0.4, -0.2) is 31.1 Å². The highest BCUT2D eigenvalue weighted by molar-refractivity contribution is 5.25. The normalized spacial score (nSPS) is 23.7. The Balaban J connectivity index is 2.11. The fourth-order valence-electron chi connectivity index (χ4n) is 2.74. The molecule has 3 heteroatoms. The summed E-state index contributed by atoms with van der Waals surface area (Å²) in [5, 5.41) is 3.47. The highest BCUT2D eigenvalue weighted by Crippen LogP contribution is 2.23. The first-order valence-corrected chi connectivity index (χ1v) is 7.28. The molecule has 1 N–H and O–H groups in total. The Labute approximate surface area is 116 Å². The van der Waals surface area contributed by atoms with Crippen molar-refractivity contribution >= 4 is 0 Å². The lowest BCUT2D eigenvalue weighted by Gasteiger charge is -2.33. The van der Waals surface area contributed by atoms with Gasteiger partial charge in [0.1, 0.15) is 5.82 Å². The van der Waals surface area contributed by atoms with Gasteiger partial charge in [-0.3, -0.25) is 4.90 Å². The molecule has 0 radical (unpaired) electrons. The summed E-state index contributed by atoms with van der Waals surface area (Å²) in [5.74, 6) is 0.546.